The van der Waals surface area contributed by atoms with E-state index < -0.39 is 25.4 Å². The van der Waals surface area contributed by atoms with Crippen LogP contribution in [-0.4, -0.2) is 46.4 Å². The van der Waals surface area contributed by atoms with Gasteiger partial charge >= 0.3 is 11.9 Å². The number of hydrogen-bond donors (Lipinski definition) is 0. The SMILES string of the molecule is C=C(Br)CC(CC#CC(CCCC#C[Si](C)(C)C)OC)(C(=O)OCC)C(=O)OCC. The first-order valence-corrected chi connectivity index (χ1v) is 14.5. The molecule has 1 atom stereocenters. The van der Waals surface area contributed by atoms with Crippen LogP contribution in [0.3, 0.4) is 0 Å². The Hall–Kier alpha value is -1.54. The monoisotopic (exact) mass is 498 g/mol. The average molecular weight is 500 g/mol. The Morgan fingerprint density at radius 1 is 1.10 bits per heavy atom. The van der Waals surface area contributed by atoms with Crippen molar-refractivity contribution in [2.24, 2.45) is 5.41 Å². The van der Waals surface area contributed by atoms with Crippen LogP contribution in [0.1, 0.15) is 46.0 Å². The summed E-state index contributed by atoms with van der Waals surface area (Å²) >= 11 is 3.25. The van der Waals surface area contributed by atoms with Gasteiger partial charge in [-0.1, -0.05) is 54.0 Å². The molecule has 0 aliphatic heterocycles. The van der Waals surface area contributed by atoms with Crippen molar-refractivity contribution in [3.63, 3.8) is 0 Å². The lowest BCUT2D eigenvalue weighted by atomic mass is 9.81. The summed E-state index contributed by atoms with van der Waals surface area (Å²) in [5, 5.41) is 0. The number of carbonyl (C=O) groups excluding carboxylic acids is 2. The van der Waals surface area contributed by atoms with Gasteiger partial charge in [-0.2, -0.15) is 0 Å². The highest BCUT2D eigenvalue weighted by Gasteiger charge is 2.48. The van der Waals surface area contributed by atoms with Crippen molar-refractivity contribution in [1.29, 1.82) is 0 Å². The van der Waals surface area contributed by atoms with E-state index in [1.165, 1.54) is 0 Å². The van der Waals surface area contributed by atoms with Gasteiger partial charge in [0, 0.05) is 26.4 Å². The second-order valence-electron chi connectivity index (χ2n) is 7.88. The van der Waals surface area contributed by atoms with Gasteiger partial charge in [0.15, 0.2) is 5.41 Å². The summed E-state index contributed by atoms with van der Waals surface area (Å²) in [7, 11) is 0.242. The van der Waals surface area contributed by atoms with Crippen LogP contribution in [0.25, 0.3) is 0 Å². The van der Waals surface area contributed by atoms with Gasteiger partial charge in [-0.15, -0.1) is 11.5 Å². The zero-order chi connectivity index (χ0) is 23.2. The number of rotatable bonds is 11. The van der Waals surface area contributed by atoms with Crippen molar-refractivity contribution < 1.29 is 23.8 Å². The molecule has 5 nitrogen and oxygen atoms in total. The summed E-state index contributed by atoms with van der Waals surface area (Å²) in [6.45, 7) is 14.1. The topological polar surface area (TPSA) is 61.8 Å². The molecule has 30 heavy (non-hydrogen) atoms. The van der Waals surface area contributed by atoms with E-state index in [2.05, 4.69) is 65.5 Å². The number of carbonyl (C=O) groups is 2. The van der Waals surface area contributed by atoms with E-state index in [0.29, 0.717) is 4.48 Å². The molecule has 0 aliphatic carbocycles. The van der Waals surface area contributed by atoms with Crippen LogP contribution in [0.2, 0.25) is 19.6 Å². The fourth-order valence-electron chi connectivity index (χ4n) is 2.57. The summed E-state index contributed by atoms with van der Waals surface area (Å²) in [6, 6.07) is 0. The Balaban J connectivity index is 5.37. The van der Waals surface area contributed by atoms with Gasteiger partial charge in [0.25, 0.3) is 0 Å². The molecule has 0 bridgehead atoms. The van der Waals surface area contributed by atoms with E-state index in [0.717, 1.165) is 19.3 Å². The van der Waals surface area contributed by atoms with Crippen molar-refractivity contribution in [1.82, 2.24) is 0 Å². The maximum Gasteiger partial charge on any atom is 0.324 e. The molecule has 0 aromatic carbocycles. The van der Waals surface area contributed by atoms with E-state index >= 15 is 0 Å². The molecule has 0 spiro atoms. The van der Waals surface area contributed by atoms with Gasteiger partial charge in [0.1, 0.15) is 14.2 Å². The minimum atomic E-state index is -1.55. The highest BCUT2D eigenvalue weighted by atomic mass is 79.9. The maximum atomic E-state index is 12.7. The second kappa shape index (κ2) is 14.5. The van der Waals surface area contributed by atoms with Crippen LogP contribution in [0.15, 0.2) is 11.1 Å². The summed E-state index contributed by atoms with van der Waals surface area (Å²) in [4.78, 5) is 25.4. The molecule has 0 saturated carbocycles. The lowest BCUT2D eigenvalue weighted by molar-refractivity contribution is -0.171. The molecule has 0 aromatic rings. The number of halogens is 1. The number of esters is 2. The Bertz CT molecular complexity index is 685. The third-order valence-corrected chi connectivity index (χ3v) is 5.20. The van der Waals surface area contributed by atoms with Gasteiger partial charge in [-0.25, -0.2) is 0 Å². The van der Waals surface area contributed by atoms with Crippen molar-refractivity contribution in [3.05, 3.63) is 11.1 Å². The van der Waals surface area contributed by atoms with Crippen molar-refractivity contribution >= 4 is 35.9 Å². The lowest BCUT2D eigenvalue weighted by Crippen LogP contribution is -2.42. The molecular weight excluding hydrogens is 464 g/mol. The highest BCUT2D eigenvalue weighted by Crippen LogP contribution is 2.35. The predicted molar refractivity (Wildman–Crippen MR) is 127 cm³/mol. The standard InChI is InChI=1S/C23H35BrO5Si/c1-8-28-21(25)23(18-19(3)24,22(26)29-9-2)16-13-15-20(27-4)14-11-10-12-17-30(5,6)7/h20H,3,8-11,14,16,18H2,1-2,4-7H3. The van der Waals surface area contributed by atoms with Crippen LogP contribution < -0.4 is 0 Å². The van der Waals surface area contributed by atoms with E-state index in [9.17, 15) is 9.59 Å². The number of unbranched alkanes of at least 4 members (excludes halogenated alkanes) is 1. The van der Waals surface area contributed by atoms with Crippen LogP contribution in [0.4, 0.5) is 0 Å². The summed E-state index contributed by atoms with van der Waals surface area (Å²) < 4.78 is 16.3. The lowest BCUT2D eigenvalue weighted by Gasteiger charge is -2.27. The molecule has 0 amide bonds. The largest absolute Gasteiger partial charge is 0.465 e. The van der Waals surface area contributed by atoms with Gasteiger partial charge in [-0.05, 0) is 31.2 Å². The summed E-state index contributed by atoms with van der Waals surface area (Å²) in [5.41, 5.74) is 1.79. The Labute approximate surface area is 191 Å². The van der Waals surface area contributed by atoms with Gasteiger partial charge < -0.3 is 14.2 Å². The van der Waals surface area contributed by atoms with Crippen LogP contribution in [-0.2, 0) is 23.8 Å². The van der Waals surface area contributed by atoms with Gasteiger partial charge in [0.05, 0.1) is 13.2 Å². The van der Waals surface area contributed by atoms with Gasteiger partial charge in [-0.3, -0.25) is 9.59 Å². The normalized spacial score (nSPS) is 12.0. The van der Waals surface area contributed by atoms with E-state index in [4.69, 9.17) is 14.2 Å². The molecule has 0 radical (unpaired) electrons. The fraction of sp³-hybridized carbons (Fsp3) is 0.652. The zero-order valence-corrected chi connectivity index (χ0v) is 21.7. The molecule has 168 valence electrons. The minimum Gasteiger partial charge on any atom is -0.465 e. The zero-order valence-electron chi connectivity index (χ0n) is 19.2. The summed E-state index contributed by atoms with van der Waals surface area (Å²) in [5.74, 6) is 7.90. The third kappa shape index (κ3) is 11.0. The fourth-order valence-corrected chi connectivity index (χ4v) is 3.70. The van der Waals surface area contributed by atoms with Crippen LogP contribution >= 0.6 is 15.9 Å². The molecule has 0 aromatic heterocycles. The minimum absolute atomic E-state index is 0.0371. The second-order valence-corrected chi connectivity index (χ2v) is 13.8. The molecule has 0 fully saturated rings. The van der Waals surface area contributed by atoms with Crippen molar-refractivity contribution in [3.8, 4) is 23.3 Å². The Morgan fingerprint density at radius 3 is 2.10 bits per heavy atom. The molecule has 1 unspecified atom stereocenters. The first-order valence-electron chi connectivity index (χ1n) is 10.2. The maximum absolute atomic E-state index is 12.7. The molecule has 0 heterocycles. The number of allylic oxidation sites excluding steroid dienone is 1. The van der Waals surface area contributed by atoms with Crippen molar-refractivity contribution in [2.45, 2.75) is 71.7 Å². The number of methoxy groups -OCH3 is 1. The molecule has 7 heteroatoms. The molecule has 0 rings (SSSR count). The number of hydrogen-bond acceptors (Lipinski definition) is 5. The van der Waals surface area contributed by atoms with Crippen LogP contribution in [0.5, 0.6) is 0 Å². The Kier molecular flexibility index (Phi) is 13.7. The highest BCUT2D eigenvalue weighted by molar-refractivity contribution is 9.11. The first-order chi connectivity index (χ1) is 14.0. The van der Waals surface area contributed by atoms with E-state index in [1.54, 1.807) is 21.0 Å². The van der Waals surface area contributed by atoms with E-state index in [-0.39, 0.29) is 32.2 Å². The molecule has 0 aliphatic rings. The first kappa shape index (κ1) is 28.5. The van der Waals surface area contributed by atoms with Gasteiger partial charge in [0.2, 0.25) is 0 Å². The summed E-state index contributed by atoms with van der Waals surface area (Å²) in [6.07, 6.45) is 2.09. The Morgan fingerprint density at radius 2 is 1.67 bits per heavy atom. The third-order valence-electron chi connectivity index (χ3n) is 4.00. The number of ether oxygens (including phenoxy) is 3. The van der Waals surface area contributed by atoms with Crippen LogP contribution in [0, 0.1) is 28.7 Å². The molecule has 0 N–H and O–H groups in total. The smallest absolute Gasteiger partial charge is 0.324 e. The average Bonchev–Trinajstić information content (AvgIpc) is 2.64. The predicted octanol–water partition coefficient (Wildman–Crippen LogP) is 4.86. The quantitative estimate of drug-likeness (QED) is 0.134. The van der Waals surface area contributed by atoms with E-state index in [1.807, 2.05) is 0 Å². The molecule has 0 saturated heterocycles. The van der Waals surface area contributed by atoms with Crippen molar-refractivity contribution in [2.75, 3.05) is 20.3 Å². The molecular formula is C23H35BrO5Si.